The van der Waals surface area contributed by atoms with E-state index in [4.69, 9.17) is 0 Å². The van der Waals surface area contributed by atoms with Gasteiger partial charge in [-0.2, -0.15) is 5.10 Å². The average Bonchev–Trinajstić information content (AvgIpc) is 3.08. The highest BCUT2D eigenvalue weighted by Crippen LogP contribution is 2.29. The lowest BCUT2D eigenvalue weighted by atomic mass is 9.99. The number of hydrogen-bond acceptors (Lipinski definition) is 4. The highest BCUT2D eigenvalue weighted by Gasteiger charge is 2.21. The van der Waals surface area contributed by atoms with Crippen LogP contribution in [0.3, 0.4) is 0 Å². The molecule has 7 heteroatoms. The van der Waals surface area contributed by atoms with Gasteiger partial charge in [-0.25, -0.2) is 13.1 Å². The van der Waals surface area contributed by atoms with Gasteiger partial charge in [0.2, 0.25) is 10.0 Å². The third kappa shape index (κ3) is 3.11. The lowest BCUT2D eigenvalue weighted by Crippen LogP contribution is -2.23. The SMILES string of the molecule is CCn1cc(S(=O)(=O)NCc2cc3c(s2)CCCC3)c(C)n1. The van der Waals surface area contributed by atoms with Gasteiger partial charge in [-0.3, -0.25) is 4.68 Å². The largest absolute Gasteiger partial charge is 0.271 e. The average molecular weight is 339 g/mol. The molecule has 0 saturated heterocycles. The van der Waals surface area contributed by atoms with Crippen molar-refractivity contribution in [2.75, 3.05) is 0 Å². The van der Waals surface area contributed by atoms with E-state index in [0.29, 0.717) is 18.8 Å². The molecule has 0 aromatic carbocycles. The van der Waals surface area contributed by atoms with E-state index in [2.05, 4.69) is 15.9 Å². The zero-order valence-corrected chi connectivity index (χ0v) is 14.6. The molecule has 2 heterocycles. The Bertz CT molecular complexity index is 751. The summed E-state index contributed by atoms with van der Waals surface area (Å²) in [5.41, 5.74) is 1.94. The maximum Gasteiger partial charge on any atom is 0.244 e. The highest BCUT2D eigenvalue weighted by molar-refractivity contribution is 7.89. The summed E-state index contributed by atoms with van der Waals surface area (Å²) in [6.45, 7) is 4.68. The third-order valence-corrected chi connectivity index (χ3v) is 6.74. The highest BCUT2D eigenvalue weighted by atomic mass is 32.2. The zero-order chi connectivity index (χ0) is 15.7. The fourth-order valence-corrected chi connectivity index (χ4v) is 5.29. The molecule has 3 rings (SSSR count). The van der Waals surface area contributed by atoms with Crippen LogP contribution in [0.1, 0.15) is 40.8 Å². The van der Waals surface area contributed by atoms with Crippen LogP contribution in [-0.4, -0.2) is 18.2 Å². The molecule has 0 aliphatic heterocycles. The molecule has 2 aromatic heterocycles. The van der Waals surface area contributed by atoms with Crippen molar-refractivity contribution in [3.05, 3.63) is 33.3 Å². The minimum atomic E-state index is -3.51. The molecule has 0 bridgehead atoms. The van der Waals surface area contributed by atoms with Gasteiger partial charge in [0.05, 0.1) is 5.69 Å². The zero-order valence-electron chi connectivity index (χ0n) is 12.9. The molecule has 0 saturated carbocycles. The Morgan fingerprint density at radius 1 is 1.36 bits per heavy atom. The van der Waals surface area contributed by atoms with Gasteiger partial charge in [-0.05, 0) is 51.2 Å². The van der Waals surface area contributed by atoms with Gasteiger partial charge in [0, 0.05) is 29.0 Å². The van der Waals surface area contributed by atoms with Gasteiger partial charge in [0.1, 0.15) is 4.90 Å². The van der Waals surface area contributed by atoms with Crippen LogP contribution in [0.5, 0.6) is 0 Å². The first-order chi connectivity index (χ1) is 10.5. The van der Waals surface area contributed by atoms with Crippen molar-refractivity contribution < 1.29 is 8.42 Å². The molecule has 1 N–H and O–H groups in total. The lowest BCUT2D eigenvalue weighted by Gasteiger charge is -2.08. The predicted molar refractivity (Wildman–Crippen MR) is 87.6 cm³/mol. The normalized spacial score (nSPS) is 15.0. The molecule has 5 nitrogen and oxygen atoms in total. The number of rotatable bonds is 5. The van der Waals surface area contributed by atoms with Gasteiger partial charge < -0.3 is 0 Å². The van der Waals surface area contributed by atoms with Crippen molar-refractivity contribution >= 4 is 21.4 Å². The Morgan fingerprint density at radius 2 is 2.14 bits per heavy atom. The number of aromatic nitrogens is 2. The van der Waals surface area contributed by atoms with Gasteiger partial charge in [-0.1, -0.05) is 0 Å². The predicted octanol–water partition coefficient (Wildman–Crippen LogP) is 2.63. The van der Waals surface area contributed by atoms with Crippen molar-refractivity contribution in [2.24, 2.45) is 0 Å². The van der Waals surface area contributed by atoms with Gasteiger partial charge in [-0.15, -0.1) is 11.3 Å². The minimum absolute atomic E-state index is 0.274. The molecule has 1 aliphatic carbocycles. The number of thiophene rings is 1. The number of nitrogens with one attached hydrogen (secondary N) is 1. The summed E-state index contributed by atoms with van der Waals surface area (Å²) in [4.78, 5) is 2.79. The Hall–Kier alpha value is -1.18. The standard InChI is InChI=1S/C15H21N3O2S2/c1-3-18-10-15(11(2)17-18)22(19,20)16-9-13-8-12-6-4-5-7-14(12)21-13/h8,10,16H,3-7,9H2,1-2H3. The summed E-state index contributed by atoms with van der Waals surface area (Å²) in [5.74, 6) is 0. The van der Waals surface area contributed by atoms with Gasteiger partial charge in [0.15, 0.2) is 0 Å². The molecule has 0 radical (unpaired) electrons. The topological polar surface area (TPSA) is 64.0 Å². The molecule has 0 amide bonds. The Labute approximate surface area is 135 Å². The van der Waals surface area contributed by atoms with E-state index < -0.39 is 10.0 Å². The number of fused-ring (bicyclic) bond motifs is 1. The first kappa shape index (κ1) is 15.7. The quantitative estimate of drug-likeness (QED) is 0.911. The maximum atomic E-state index is 12.4. The van der Waals surface area contributed by atoms with E-state index in [1.807, 2.05) is 6.92 Å². The minimum Gasteiger partial charge on any atom is -0.271 e. The van der Waals surface area contributed by atoms with Crippen molar-refractivity contribution in [1.29, 1.82) is 0 Å². The molecule has 1 aliphatic rings. The number of hydrogen-bond donors (Lipinski definition) is 1. The summed E-state index contributed by atoms with van der Waals surface area (Å²) in [6, 6.07) is 2.16. The molecular formula is C15H21N3O2S2. The summed E-state index contributed by atoms with van der Waals surface area (Å²) in [7, 11) is -3.51. The van der Waals surface area contributed by atoms with Crippen LogP contribution in [0.4, 0.5) is 0 Å². The van der Waals surface area contributed by atoms with E-state index in [1.165, 1.54) is 23.3 Å². The maximum absolute atomic E-state index is 12.4. The second-order valence-electron chi connectivity index (χ2n) is 5.63. The van der Waals surface area contributed by atoms with Crippen LogP contribution in [0, 0.1) is 6.92 Å². The van der Waals surface area contributed by atoms with E-state index in [9.17, 15) is 8.42 Å². The van der Waals surface area contributed by atoms with E-state index in [0.717, 1.165) is 17.7 Å². The van der Waals surface area contributed by atoms with Gasteiger partial charge >= 0.3 is 0 Å². The molecule has 0 unspecified atom stereocenters. The Morgan fingerprint density at radius 3 is 2.82 bits per heavy atom. The number of aryl methyl sites for hydroxylation is 4. The monoisotopic (exact) mass is 339 g/mol. The van der Waals surface area contributed by atoms with Crippen LogP contribution in [0.15, 0.2) is 17.2 Å². The molecular weight excluding hydrogens is 318 g/mol. The molecule has 120 valence electrons. The van der Waals surface area contributed by atoms with Crippen LogP contribution in [0.25, 0.3) is 0 Å². The lowest BCUT2D eigenvalue weighted by molar-refractivity contribution is 0.581. The van der Waals surface area contributed by atoms with Crippen molar-refractivity contribution in [1.82, 2.24) is 14.5 Å². The summed E-state index contributed by atoms with van der Waals surface area (Å²) < 4.78 is 29.2. The van der Waals surface area contributed by atoms with Crippen LogP contribution in [0.2, 0.25) is 0 Å². The summed E-state index contributed by atoms with van der Waals surface area (Å²) in [6.07, 6.45) is 6.34. The van der Waals surface area contributed by atoms with Gasteiger partial charge in [0.25, 0.3) is 0 Å². The first-order valence-corrected chi connectivity index (χ1v) is 9.93. The van der Waals surface area contributed by atoms with E-state index >= 15 is 0 Å². The second-order valence-corrected chi connectivity index (χ2v) is 8.58. The third-order valence-electron chi connectivity index (χ3n) is 4.00. The number of nitrogens with zero attached hydrogens (tertiary/aromatic N) is 2. The van der Waals surface area contributed by atoms with Crippen molar-refractivity contribution in [2.45, 2.75) is 57.5 Å². The second kappa shape index (κ2) is 6.14. The van der Waals surface area contributed by atoms with E-state index in [1.54, 1.807) is 29.1 Å². The molecule has 2 aromatic rings. The fraction of sp³-hybridized carbons (Fsp3) is 0.533. The van der Waals surface area contributed by atoms with E-state index in [-0.39, 0.29) is 4.90 Å². The summed E-state index contributed by atoms with van der Waals surface area (Å²) >= 11 is 1.74. The molecule has 0 atom stereocenters. The molecule has 0 spiro atoms. The fourth-order valence-electron chi connectivity index (χ4n) is 2.81. The Kier molecular flexibility index (Phi) is 4.38. The first-order valence-electron chi connectivity index (χ1n) is 7.64. The van der Waals surface area contributed by atoms with Crippen LogP contribution >= 0.6 is 11.3 Å². The van der Waals surface area contributed by atoms with Crippen molar-refractivity contribution in [3.8, 4) is 0 Å². The van der Waals surface area contributed by atoms with Crippen LogP contribution in [-0.2, 0) is 36.0 Å². The molecule has 22 heavy (non-hydrogen) atoms. The smallest absolute Gasteiger partial charge is 0.244 e. The van der Waals surface area contributed by atoms with Crippen molar-refractivity contribution in [3.63, 3.8) is 0 Å². The number of sulfonamides is 1. The summed E-state index contributed by atoms with van der Waals surface area (Å²) in [5, 5.41) is 4.20. The molecule has 0 fully saturated rings. The Balaban J connectivity index is 1.74. The van der Waals surface area contributed by atoms with Crippen LogP contribution < -0.4 is 4.72 Å².